The number of nitrogens with one attached hydrogen (secondary N) is 1. The number of carboxylic acid groups (broad SMARTS) is 2. The van der Waals surface area contributed by atoms with Crippen molar-refractivity contribution in [2.24, 2.45) is 0 Å². The molecule has 1 rings (SSSR count). The molecule has 0 spiro atoms. The second kappa shape index (κ2) is 13.0. The number of anilines is 1. The van der Waals surface area contributed by atoms with Gasteiger partial charge in [-0.1, -0.05) is 25.1 Å². The largest absolute Gasteiger partial charge is 0.481 e. The minimum Gasteiger partial charge on any atom is -0.481 e. The zero-order valence-corrected chi connectivity index (χ0v) is 19.0. The van der Waals surface area contributed by atoms with Crippen LogP contribution in [-0.4, -0.2) is 71.3 Å². The Labute approximate surface area is 186 Å². The van der Waals surface area contributed by atoms with Gasteiger partial charge < -0.3 is 25.2 Å². The molecule has 2 amide bonds. The van der Waals surface area contributed by atoms with Gasteiger partial charge >= 0.3 is 11.9 Å². The third-order valence-corrected chi connectivity index (χ3v) is 5.54. The van der Waals surface area contributed by atoms with Crippen molar-refractivity contribution >= 4 is 41.2 Å². The fourth-order valence-electron chi connectivity index (χ4n) is 3.15. The highest BCUT2D eigenvalue weighted by molar-refractivity contribution is 8.00. The van der Waals surface area contributed by atoms with Crippen molar-refractivity contribution in [3.05, 3.63) is 29.3 Å². The summed E-state index contributed by atoms with van der Waals surface area (Å²) < 4.78 is 5.25. The lowest BCUT2D eigenvalue weighted by Gasteiger charge is -2.32. The van der Waals surface area contributed by atoms with Gasteiger partial charge in [0.25, 0.3) is 0 Å². The first kappa shape index (κ1) is 26.4. The Balaban J connectivity index is 2.94. The average molecular weight is 455 g/mol. The molecule has 0 bridgehead atoms. The van der Waals surface area contributed by atoms with Gasteiger partial charge in [-0.25, -0.2) is 4.79 Å². The Kier molecular flexibility index (Phi) is 11.1. The van der Waals surface area contributed by atoms with Gasteiger partial charge in [0, 0.05) is 12.9 Å². The number of thioether (sulfide) groups is 1. The Morgan fingerprint density at radius 1 is 1.23 bits per heavy atom. The van der Waals surface area contributed by atoms with Crippen LogP contribution < -0.4 is 10.2 Å². The summed E-state index contributed by atoms with van der Waals surface area (Å²) in [5.74, 6) is -3.83. The molecule has 0 saturated carbocycles. The van der Waals surface area contributed by atoms with E-state index in [1.807, 2.05) is 39.0 Å². The maximum absolute atomic E-state index is 13.1. The lowest BCUT2D eigenvalue weighted by atomic mass is 10.0. The zero-order valence-electron chi connectivity index (χ0n) is 18.2. The van der Waals surface area contributed by atoms with E-state index in [4.69, 9.17) is 9.84 Å². The third kappa shape index (κ3) is 8.22. The van der Waals surface area contributed by atoms with Crippen molar-refractivity contribution in [1.82, 2.24) is 5.32 Å². The van der Waals surface area contributed by atoms with Crippen molar-refractivity contribution in [1.29, 1.82) is 0 Å². The summed E-state index contributed by atoms with van der Waals surface area (Å²) in [4.78, 5) is 48.4. The number of aliphatic carboxylic acids is 2. The van der Waals surface area contributed by atoms with Crippen LogP contribution in [0, 0.1) is 6.92 Å². The highest BCUT2D eigenvalue weighted by Gasteiger charge is 2.27. The number of hydrogen-bond acceptors (Lipinski definition) is 6. The van der Waals surface area contributed by atoms with Gasteiger partial charge in [-0.2, -0.15) is 0 Å². The quantitative estimate of drug-likeness (QED) is 0.384. The second-order valence-electron chi connectivity index (χ2n) is 7.05. The van der Waals surface area contributed by atoms with Crippen molar-refractivity contribution in [3.63, 3.8) is 0 Å². The summed E-state index contributed by atoms with van der Waals surface area (Å²) >= 11 is 1.06. The maximum atomic E-state index is 13.1. The lowest BCUT2D eigenvalue weighted by Crippen LogP contribution is -2.45. The number of ether oxygens (including phenoxy) is 1. The average Bonchev–Trinajstić information content (AvgIpc) is 2.68. The minimum atomic E-state index is -1.35. The highest BCUT2D eigenvalue weighted by Crippen LogP contribution is 2.28. The molecular weight excluding hydrogens is 424 g/mol. The molecule has 1 aromatic rings. The topological polar surface area (TPSA) is 133 Å². The molecule has 0 radical (unpaired) electrons. The Hall–Kier alpha value is -2.59. The molecule has 3 N–H and O–H groups in total. The Morgan fingerprint density at radius 3 is 2.45 bits per heavy atom. The van der Waals surface area contributed by atoms with Crippen LogP contribution in [-0.2, 0) is 30.3 Å². The molecular formula is C21H30N2O7S. The molecule has 172 valence electrons. The number of para-hydroxylation sites is 1. The normalized spacial score (nSPS) is 12.6. The van der Waals surface area contributed by atoms with Crippen LogP contribution in [0.4, 0.5) is 5.69 Å². The molecule has 10 heteroatoms. The number of carbonyl (C=O) groups is 4. The molecule has 31 heavy (non-hydrogen) atoms. The fraction of sp³-hybridized carbons (Fsp3) is 0.524. The van der Waals surface area contributed by atoms with Gasteiger partial charge in [0.05, 0.1) is 24.1 Å². The van der Waals surface area contributed by atoms with Gasteiger partial charge in [0.2, 0.25) is 11.8 Å². The first-order valence-electron chi connectivity index (χ1n) is 9.83. The number of nitrogens with zero attached hydrogens (tertiary/aromatic N) is 1. The van der Waals surface area contributed by atoms with Crippen LogP contribution in [0.5, 0.6) is 0 Å². The predicted octanol–water partition coefficient (Wildman–Crippen LogP) is 1.70. The Bertz CT molecular complexity index is 800. The molecule has 1 unspecified atom stereocenters. The van der Waals surface area contributed by atoms with E-state index in [-0.39, 0.29) is 23.5 Å². The molecule has 9 nitrogen and oxygen atoms in total. The molecule has 1 aromatic carbocycles. The van der Waals surface area contributed by atoms with E-state index in [1.54, 1.807) is 12.0 Å². The molecule has 0 aliphatic carbocycles. The summed E-state index contributed by atoms with van der Waals surface area (Å²) in [7, 11) is 1.56. The Morgan fingerprint density at radius 2 is 1.90 bits per heavy atom. The maximum Gasteiger partial charge on any atom is 0.327 e. The molecule has 0 fully saturated rings. The zero-order chi connectivity index (χ0) is 23.6. The molecule has 2 atom stereocenters. The lowest BCUT2D eigenvalue weighted by molar-refractivity contribution is -0.144. The first-order chi connectivity index (χ1) is 14.6. The van der Waals surface area contributed by atoms with Crippen LogP contribution in [0.25, 0.3) is 0 Å². The molecule has 0 aliphatic rings. The number of rotatable bonds is 13. The number of amides is 2. The monoisotopic (exact) mass is 454 g/mol. The summed E-state index contributed by atoms with van der Waals surface area (Å²) in [6.45, 7) is 6.15. The van der Waals surface area contributed by atoms with Crippen molar-refractivity contribution in [2.75, 3.05) is 30.1 Å². The van der Waals surface area contributed by atoms with E-state index in [9.17, 15) is 24.3 Å². The van der Waals surface area contributed by atoms with Gasteiger partial charge in [-0.05, 0) is 31.4 Å². The second-order valence-corrected chi connectivity index (χ2v) is 8.08. The van der Waals surface area contributed by atoms with Crippen molar-refractivity contribution < 1.29 is 34.1 Å². The van der Waals surface area contributed by atoms with Gasteiger partial charge in [-0.15, -0.1) is 11.8 Å². The van der Waals surface area contributed by atoms with E-state index in [0.717, 1.165) is 35.0 Å². The molecule has 0 saturated heterocycles. The van der Waals surface area contributed by atoms with Crippen LogP contribution >= 0.6 is 11.8 Å². The summed E-state index contributed by atoms with van der Waals surface area (Å²) in [6.07, 6.45) is -0.0763. The first-order valence-corrected chi connectivity index (χ1v) is 11.0. The van der Waals surface area contributed by atoms with Crippen LogP contribution in [0.1, 0.15) is 31.4 Å². The van der Waals surface area contributed by atoms with E-state index in [2.05, 4.69) is 5.32 Å². The number of carbonyl (C=O) groups excluding carboxylic acids is 2. The number of aryl methyl sites for hydroxylation is 2. The SMILES string of the molecule is CCc1cccc(C)c1N(C(=O)CSC[C@H](NC(=O)CC(=O)O)C(=O)O)C(C)COC. The van der Waals surface area contributed by atoms with E-state index in [1.165, 1.54) is 0 Å². The summed E-state index contributed by atoms with van der Waals surface area (Å²) in [5, 5.41) is 20.1. The van der Waals surface area contributed by atoms with Crippen LogP contribution in [0.15, 0.2) is 18.2 Å². The number of methoxy groups -OCH3 is 1. The standard InChI is InChI=1S/C21H30N2O7S/c1-5-15-8-6-7-13(2)20(15)23(14(3)10-30-4)18(25)12-31-11-16(21(28)29)22-17(24)9-19(26)27/h6-8,14,16H,5,9-12H2,1-4H3,(H,22,24)(H,26,27)(H,28,29)/t14?,16-/m0/s1. The van der Waals surface area contributed by atoms with E-state index in [0.29, 0.717) is 6.61 Å². The van der Waals surface area contributed by atoms with Gasteiger partial charge in [-0.3, -0.25) is 14.4 Å². The van der Waals surface area contributed by atoms with Gasteiger partial charge in [0.1, 0.15) is 12.5 Å². The number of benzene rings is 1. The predicted molar refractivity (Wildman–Crippen MR) is 119 cm³/mol. The van der Waals surface area contributed by atoms with E-state index < -0.39 is 30.3 Å². The van der Waals surface area contributed by atoms with Crippen molar-refractivity contribution in [3.8, 4) is 0 Å². The summed E-state index contributed by atoms with van der Waals surface area (Å²) in [5.41, 5.74) is 2.79. The van der Waals surface area contributed by atoms with E-state index >= 15 is 0 Å². The van der Waals surface area contributed by atoms with Crippen LogP contribution in [0.2, 0.25) is 0 Å². The molecule has 0 heterocycles. The minimum absolute atomic E-state index is 0.00980. The number of hydrogen-bond donors (Lipinski definition) is 3. The van der Waals surface area contributed by atoms with Crippen molar-refractivity contribution in [2.45, 2.75) is 45.7 Å². The number of carboxylic acids is 2. The fourth-order valence-corrected chi connectivity index (χ4v) is 4.04. The van der Waals surface area contributed by atoms with Crippen LogP contribution in [0.3, 0.4) is 0 Å². The third-order valence-electron chi connectivity index (χ3n) is 4.52. The molecule has 0 aromatic heterocycles. The smallest absolute Gasteiger partial charge is 0.327 e. The summed E-state index contributed by atoms with van der Waals surface area (Å²) in [6, 6.07) is 4.30. The highest BCUT2D eigenvalue weighted by atomic mass is 32.2. The van der Waals surface area contributed by atoms with Gasteiger partial charge in [0.15, 0.2) is 0 Å². The molecule has 0 aliphatic heterocycles.